The SMILES string of the molecule is Cc1cc([C@@H]2CCCN2C(=O)OCc2ccccc2)c[nH]c1=S. The Morgan fingerprint density at radius 1 is 1.39 bits per heavy atom. The largest absolute Gasteiger partial charge is 0.445 e. The zero-order valence-corrected chi connectivity index (χ0v) is 13.9. The monoisotopic (exact) mass is 328 g/mol. The van der Waals surface area contributed by atoms with Gasteiger partial charge in [0.2, 0.25) is 0 Å². The molecular formula is C18H20N2O2S. The number of amides is 1. The standard InChI is InChI=1S/C18H20N2O2S/c1-13-10-15(11-19-17(13)23)16-8-5-9-20(16)18(21)22-12-14-6-3-2-4-7-14/h2-4,6-7,10-11,16H,5,8-9,12H2,1H3,(H,19,23)/t16-/m0/s1. The van der Waals surface area contributed by atoms with Gasteiger partial charge in [-0.3, -0.25) is 0 Å². The van der Waals surface area contributed by atoms with Crippen molar-refractivity contribution in [1.82, 2.24) is 9.88 Å². The Hall–Kier alpha value is -2.14. The number of H-pyrrole nitrogens is 1. The van der Waals surface area contributed by atoms with Crippen LogP contribution in [0.25, 0.3) is 0 Å². The van der Waals surface area contributed by atoms with E-state index < -0.39 is 0 Å². The van der Waals surface area contributed by atoms with E-state index in [9.17, 15) is 4.79 Å². The zero-order chi connectivity index (χ0) is 16.2. The second kappa shape index (κ2) is 6.96. The van der Waals surface area contributed by atoms with Crippen LogP contribution in [0.5, 0.6) is 0 Å². The van der Waals surface area contributed by atoms with Crippen molar-refractivity contribution in [2.24, 2.45) is 0 Å². The molecule has 0 aliphatic carbocycles. The van der Waals surface area contributed by atoms with E-state index in [0.29, 0.717) is 6.61 Å². The summed E-state index contributed by atoms with van der Waals surface area (Å²) in [6, 6.07) is 11.9. The Bertz CT molecular complexity index is 742. The van der Waals surface area contributed by atoms with Crippen LogP contribution in [0.4, 0.5) is 4.79 Å². The van der Waals surface area contributed by atoms with E-state index >= 15 is 0 Å². The van der Waals surface area contributed by atoms with Gasteiger partial charge in [-0.25, -0.2) is 4.79 Å². The lowest BCUT2D eigenvalue weighted by molar-refractivity contribution is 0.0920. The third-order valence-corrected chi connectivity index (χ3v) is 4.63. The normalized spacial score (nSPS) is 17.3. The molecule has 0 radical (unpaired) electrons. The van der Waals surface area contributed by atoms with Crippen molar-refractivity contribution >= 4 is 18.3 Å². The number of carbonyl (C=O) groups is 1. The number of pyridine rings is 1. The molecule has 1 atom stereocenters. The van der Waals surface area contributed by atoms with E-state index in [0.717, 1.165) is 40.7 Å². The number of aromatic nitrogens is 1. The number of nitrogens with one attached hydrogen (secondary N) is 1. The highest BCUT2D eigenvalue weighted by Gasteiger charge is 2.31. The topological polar surface area (TPSA) is 45.3 Å². The van der Waals surface area contributed by atoms with E-state index in [-0.39, 0.29) is 12.1 Å². The predicted molar refractivity (Wildman–Crippen MR) is 91.7 cm³/mol. The lowest BCUT2D eigenvalue weighted by Crippen LogP contribution is -2.31. The highest BCUT2D eigenvalue weighted by molar-refractivity contribution is 7.71. The Labute approximate surface area is 141 Å². The molecule has 23 heavy (non-hydrogen) atoms. The molecular weight excluding hydrogens is 308 g/mol. The number of hydrogen-bond acceptors (Lipinski definition) is 3. The molecule has 1 N–H and O–H groups in total. The molecule has 3 rings (SSSR count). The summed E-state index contributed by atoms with van der Waals surface area (Å²) < 4.78 is 6.21. The van der Waals surface area contributed by atoms with E-state index in [4.69, 9.17) is 17.0 Å². The Morgan fingerprint density at radius 3 is 2.91 bits per heavy atom. The second-order valence-electron chi connectivity index (χ2n) is 5.84. The van der Waals surface area contributed by atoms with Crippen molar-refractivity contribution in [2.45, 2.75) is 32.4 Å². The second-order valence-corrected chi connectivity index (χ2v) is 6.24. The molecule has 0 bridgehead atoms. The molecule has 120 valence electrons. The third-order valence-electron chi connectivity index (χ3n) is 4.19. The zero-order valence-electron chi connectivity index (χ0n) is 13.1. The van der Waals surface area contributed by atoms with Gasteiger partial charge in [-0.2, -0.15) is 0 Å². The molecule has 1 fully saturated rings. The van der Waals surface area contributed by atoms with Crippen molar-refractivity contribution in [1.29, 1.82) is 0 Å². The van der Waals surface area contributed by atoms with Crippen LogP contribution in [0.1, 0.15) is 35.6 Å². The summed E-state index contributed by atoms with van der Waals surface area (Å²) in [6.45, 7) is 3.02. The molecule has 1 amide bonds. The van der Waals surface area contributed by atoms with Crippen molar-refractivity contribution in [3.8, 4) is 0 Å². The number of ether oxygens (including phenoxy) is 1. The van der Waals surface area contributed by atoms with Crippen LogP contribution in [-0.4, -0.2) is 22.5 Å². The highest BCUT2D eigenvalue weighted by atomic mass is 32.1. The third kappa shape index (κ3) is 3.62. The molecule has 4 nitrogen and oxygen atoms in total. The Morgan fingerprint density at radius 2 is 2.17 bits per heavy atom. The molecule has 0 spiro atoms. The van der Waals surface area contributed by atoms with Crippen LogP contribution in [0.2, 0.25) is 0 Å². The molecule has 1 saturated heterocycles. The molecule has 1 aliphatic rings. The fourth-order valence-corrected chi connectivity index (χ4v) is 3.06. The molecule has 1 aromatic heterocycles. The van der Waals surface area contributed by atoms with Crippen LogP contribution in [0.15, 0.2) is 42.6 Å². The minimum atomic E-state index is -0.253. The summed E-state index contributed by atoms with van der Waals surface area (Å²) >= 11 is 5.20. The van der Waals surface area contributed by atoms with Gasteiger partial charge in [-0.15, -0.1) is 0 Å². The lowest BCUT2D eigenvalue weighted by Gasteiger charge is -2.24. The van der Waals surface area contributed by atoms with Crippen LogP contribution in [0.3, 0.4) is 0 Å². The van der Waals surface area contributed by atoms with E-state index in [1.807, 2.05) is 48.4 Å². The minimum absolute atomic E-state index is 0.0591. The van der Waals surface area contributed by atoms with Gasteiger partial charge < -0.3 is 14.6 Å². The number of likely N-dealkylation sites (tertiary alicyclic amines) is 1. The maximum atomic E-state index is 12.4. The average molecular weight is 328 g/mol. The van der Waals surface area contributed by atoms with Gasteiger partial charge in [-0.05, 0) is 42.5 Å². The molecule has 5 heteroatoms. The first-order chi connectivity index (χ1) is 11.1. The summed E-state index contributed by atoms with van der Waals surface area (Å²) in [7, 11) is 0. The number of benzene rings is 1. The molecule has 1 aliphatic heterocycles. The first-order valence-electron chi connectivity index (χ1n) is 7.81. The summed E-state index contributed by atoms with van der Waals surface area (Å²) in [6.07, 6.45) is 3.59. The Kier molecular flexibility index (Phi) is 4.76. The Balaban J connectivity index is 1.69. The van der Waals surface area contributed by atoms with Gasteiger partial charge in [0.15, 0.2) is 0 Å². The summed E-state index contributed by atoms with van der Waals surface area (Å²) in [4.78, 5) is 17.3. The van der Waals surface area contributed by atoms with Gasteiger partial charge in [0.1, 0.15) is 11.2 Å². The summed E-state index contributed by atoms with van der Waals surface area (Å²) in [5.74, 6) is 0. The molecule has 1 aromatic carbocycles. The molecule has 0 saturated carbocycles. The first-order valence-corrected chi connectivity index (χ1v) is 8.22. The quantitative estimate of drug-likeness (QED) is 0.842. The van der Waals surface area contributed by atoms with Crippen LogP contribution in [-0.2, 0) is 11.3 Å². The van der Waals surface area contributed by atoms with Crippen LogP contribution in [0, 0.1) is 11.6 Å². The van der Waals surface area contributed by atoms with E-state index in [1.54, 1.807) is 0 Å². The molecule has 2 aromatic rings. The van der Waals surface area contributed by atoms with E-state index in [2.05, 4.69) is 11.1 Å². The highest BCUT2D eigenvalue weighted by Crippen LogP contribution is 2.32. The van der Waals surface area contributed by atoms with Crippen molar-refractivity contribution < 1.29 is 9.53 Å². The van der Waals surface area contributed by atoms with Gasteiger partial charge in [0, 0.05) is 12.7 Å². The summed E-state index contributed by atoms with van der Waals surface area (Å²) in [5.41, 5.74) is 3.11. The lowest BCUT2D eigenvalue weighted by atomic mass is 10.1. The van der Waals surface area contributed by atoms with Crippen molar-refractivity contribution in [3.05, 3.63) is 63.9 Å². The average Bonchev–Trinajstić information content (AvgIpc) is 3.06. The van der Waals surface area contributed by atoms with Gasteiger partial charge in [-0.1, -0.05) is 42.5 Å². The number of carbonyl (C=O) groups excluding carboxylic acids is 1. The van der Waals surface area contributed by atoms with Gasteiger partial charge in [0.05, 0.1) is 6.04 Å². The maximum absolute atomic E-state index is 12.4. The fraction of sp³-hybridized carbons (Fsp3) is 0.333. The number of rotatable bonds is 3. The maximum Gasteiger partial charge on any atom is 0.410 e. The van der Waals surface area contributed by atoms with Crippen molar-refractivity contribution in [3.63, 3.8) is 0 Å². The van der Waals surface area contributed by atoms with Crippen LogP contribution >= 0.6 is 12.2 Å². The molecule has 0 unspecified atom stereocenters. The smallest absolute Gasteiger partial charge is 0.410 e. The van der Waals surface area contributed by atoms with E-state index in [1.165, 1.54) is 0 Å². The van der Waals surface area contributed by atoms with Gasteiger partial charge >= 0.3 is 6.09 Å². The van der Waals surface area contributed by atoms with Gasteiger partial charge in [0.25, 0.3) is 0 Å². The first kappa shape index (κ1) is 15.7. The van der Waals surface area contributed by atoms with Crippen molar-refractivity contribution in [2.75, 3.05) is 6.54 Å². The minimum Gasteiger partial charge on any atom is -0.445 e. The number of hydrogen-bond donors (Lipinski definition) is 1. The number of nitrogens with zero attached hydrogens (tertiary/aromatic N) is 1. The number of aromatic amines is 1. The summed E-state index contributed by atoms with van der Waals surface area (Å²) in [5, 5.41) is 0. The fourth-order valence-electron chi connectivity index (χ4n) is 2.95. The predicted octanol–water partition coefficient (Wildman–Crippen LogP) is 4.53. The van der Waals surface area contributed by atoms with Crippen LogP contribution < -0.4 is 0 Å². The molecule has 2 heterocycles. The number of aryl methyl sites for hydroxylation is 1.